The van der Waals surface area contributed by atoms with E-state index in [1.165, 1.54) is 28.7 Å². The molecule has 0 spiro atoms. The van der Waals surface area contributed by atoms with Crippen molar-refractivity contribution in [2.24, 2.45) is 0 Å². The van der Waals surface area contributed by atoms with Crippen LogP contribution in [0, 0.1) is 6.92 Å². The van der Waals surface area contributed by atoms with Crippen molar-refractivity contribution in [2.75, 3.05) is 17.2 Å². The normalized spacial score (nSPS) is 14.9. The van der Waals surface area contributed by atoms with Gasteiger partial charge in [0.25, 0.3) is 5.91 Å². The average Bonchev–Trinajstić information content (AvgIpc) is 3.35. The van der Waals surface area contributed by atoms with Crippen LogP contribution in [0.1, 0.15) is 68.5 Å². The smallest absolute Gasteiger partial charge is 0.341 e. The van der Waals surface area contributed by atoms with E-state index < -0.39 is 5.25 Å². The predicted molar refractivity (Wildman–Crippen MR) is 171 cm³/mol. The number of carbonyl (C=O) groups is 3. The van der Waals surface area contributed by atoms with Gasteiger partial charge in [-0.3, -0.25) is 9.59 Å². The van der Waals surface area contributed by atoms with Gasteiger partial charge in [0.2, 0.25) is 5.91 Å². The van der Waals surface area contributed by atoms with Gasteiger partial charge in [-0.05, 0) is 86.9 Å². The minimum atomic E-state index is -0.446. The number of thiophene rings is 1. The SMILES string of the molecule is CCOC(=O)c1c(NC(=O)C(C)Sc2cccc(NC(=O)c3ccccc3C)c2)sc2c1CCC(c1ccccc1)C2. The Morgan fingerprint density at radius 1 is 1.00 bits per heavy atom. The molecule has 2 N–H and O–H groups in total. The topological polar surface area (TPSA) is 84.5 Å². The molecule has 0 aliphatic heterocycles. The number of hydrogen-bond donors (Lipinski definition) is 2. The van der Waals surface area contributed by atoms with Gasteiger partial charge in [0, 0.05) is 21.0 Å². The summed E-state index contributed by atoms with van der Waals surface area (Å²) in [5, 5.41) is 6.11. The maximum Gasteiger partial charge on any atom is 0.341 e. The lowest BCUT2D eigenvalue weighted by molar-refractivity contribution is -0.115. The third-order valence-corrected chi connectivity index (χ3v) is 9.68. The summed E-state index contributed by atoms with van der Waals surface area (Å²) in [7, 11) is 0. The van der Waals surface area contributed by atoms with E-state index in [-0.39, 0.29) is 24.4 Å². The van der Waals surface area contributed by atoms with Gasteiger partial charge in [0.05, 0.1) is 17.4 Å². The lowest BCUT2D eigenvalue weighted by Gasteiger charge is -2.23. The van der Waals surface area contributed by atoms with Gasteiger partial charge in [-0.1, -0.05) is 54.6 Å². The van der Waals surface area contributed by atoms with Crippen molar-refractivity contribution in [1.29, 1.82) is 0 Å². The fraction of sp³-hybridized carbons (Fsp3) is 0.265. The quantitative estimate of drug-likeness (QED) is 0.151. The Balaban J connectivity index is 1.29. The molecule has 1 heterocycles. The fourth-order valence-corrected chi connectivity index (χ4v) is 7.49. The number of carbonyl (C=O) groups excluding carboxylic acids is 3. The molecule has 2 amide bonds. The van der Waals surface area contributed by atoms with Gasteiger partial charge >= 0.3 is 5.97 Å². The van der Waals surface area contributed by atoms with Crippen molar-refractivity contribution < 1.29 is 19.1 Å². The van der Waals surface area contributed by atoms with Crippen LogP contribution in [0.25, 0.3) is 0 Å². The molecule has 0 saturated heterocycles. The number of benzene rings is 3. The molecule has 2 atom stereocenters. The van der Waals surface area contributed by atoms with Crippen molar-refractivity contribution >= 4 is 51.6 Å². The molecule has 0 saturated carbocycles. The Morgan fingerprint density at radius 2 is 1.76 bits per heavy atom. The molecule has 1 aromatic heterocycles. The molecule has 8 heteroatoms. The lowest BCUT2D eigenvalue weighted by Crippen LogP contribution is -2.23. The second-order valence-electron chi connectivity index (χ2n) is 10.3. The van der Waals surface area contributed by atoms with E-state index in [1.807, 2.05) is 62.4 Å². The number of hydrogen-bond acceptors (Lipinski definition) is 6. The Bertz CT molecular complexity index is 1600. The lowest BCUT2D eigenvalue weighted by atomic mass is 9.83. The van der Waals surface area contributed by atoms with E-state index in [0.29, 0.717) is 27.7 Å². The highest BCUT2D eigenvalue weighted by atomic mass is 32.2. The molecule has 2 unspecified atom stereocenters. The molecule has 0 radical (unpaired) electrons. The number of fused-ring (bicyclic) bond motifs is 1. The average molecular weight is 599 g/mol. The molecule has 4 aromatic rings. The highest BCUT2D eigenvalue weighted by Crippen LogP contribution is 2.43. The van der Waals surface area contributed by atoms with E-state index >= 15 is 0 Å². The van der Waals surface area contributed by atoms with E-state index in [2.05, 4.69) is 34.9 Å². The van der Waals surface area contributed by atoms with Crippen LogP contribution in [0.4, 0.5) is 10.7 Å². The summed E-state index contributed by atoms with van der Waals surface area (Å²) in [4.78, 5) is 41.2. The van der Waals surface area contributed by atoms with Crippen LogP contribution >= 0.6 is 23.1 Å². The Hall–Kier alpha value is -3.88. The summed E-state index contributed by atoms with van der Waals surface area (Å²) in [5.74, 6) is -0.383. The van der Waals surface area contributed by atoms with Crippen molar-refractivity contribution in [2.45, 2.75) is 56.1 Å². The Kier molecular flexibility index (Phi) is 9.45. The summed E-state index contributed by atoms with van der Waals surface area (Å²) in [6.45, 7) is 5.80. The summed E-state index contributed by atoms with van der Waals surface area (Å²) in [6, 6.07) is 25.3. The van der Waals surface area contributed by atoms with Crippen molar-refractivity contribution in [3.8, 4) is 0 Å². The summed E-state index contributed by atoms with van der Waals surface area (Å²) >= 11 is 2.88. The first kappa shape index (κ1) is 29.6. The highest BCUT2D eigenvalue weighted by Gasteiger charge is 2.31. The Morgan fingerprint density at radius 3 is 2.52 bits per heavy atom. The summed E-state index contributed by atoms with van der Waals surface area (Å²) < 4.78 is 5.40. The number of ether oxygens (including phenoxy) is 1. The van der Waals surface area contributed by atoms with Crippen LogP contribution < -0.4 is 10.6 Å². The molecular weight excluding hydrogens is 565 g/mol. The van der Waals surface area contributed by atoms with Gasteiger partial charge < -0.3 is 15.4 Å². The number of amides is 2. The molecule has 1 aliphatic carbocycles. The zero-order valence-corrected chi connectivity index (χ0v) is 25.6. The van der Waals surface area contributed by atoms with Gasteiger partial charge in [-0.15, -0.1) is 23.1 Å². The molecule has 0 bridgehead atoms. The van der Waals surface area contributed by atoms with Crippen LogP contribution in [0.5, 0.6) is 0 Å². The van der Waals surface area contributed by atoms with E-state index in [4.69, 9.17) is 4.74 Å². The molecule has 6 nitrogen and oxygen atoms in total. The van der Waals surface area contributed by atoms with Crippen LogP contribution in [0.3, 0.4) is 0 Å². The summed E-state index contributed by atoms with van der Waals surface area (Å²) in [6.07, 6.45) is 2.54. The predicted octanol–water partition coefficient (Wildman–Crippen LogP) is 7.88. The number of rotatable bonds is 9. The van der Waals surface area contributed by atoms with Crippen LogP contribution in [0.2, 0.25) is 0 Å². The van der Waals surface area contributed by atoms with E-state index in [1.54, 1.807) is 13.0 Å². The number of thioether (sulfide) groups is 1. The summed E-state index contributed by atoms with van der Waals surface area (Å²) in [5.41, 5.74) is 4.97. The monoisotopic (exact) mass is 598 g/mol. The zero-order valence-electron chi connectivity index (χ0n) is 23.9. The first-order valence-electron chi connectivity index (χ1n) is 14.1. The zero-order chi connectivity index (χ0) is 29.6. The third-order valence-electron chi connectivity index (χ3n) is 7.42. The molecule has 5 rings (SSSR count). The van der Waals surface area contributed by atoms with Crippen molar-refractivity contribution in [3.05, 3.63) is 112 Å². The van der Waals surface area contributed by atoms with Crippen molar-refractivity contribution in [1.82, 2.24) is 0 Å². The van der Waals surface area contributed by atoms with Crippen molar-refractivity contribution in [3.63, 3.8) is 0 Å². The molecule has 0 fully saturated rings. The highest BCUT2D eigenvalue weighted by molar-refractivity contribution is 8.00. The molecule has 42 heavy (non-hydrogen) atoms. The fourth-order valence-electron chi connectivity index (χ4n) is 5.25. The van der Waals surface area contributed by atoms with Crippen LogP contribution in [-0.4, -0.2) is 29.6 Å². The second-order valence-corrected chi connectivity index (χ2v) is 12.8. The first-order valence-corrected chi connectivity index (χ1v) is 15.8. The van der Waals surface area contributed by atoms with E-state index in [0.717, 1.165) is 40.2 Å². The largest absolute Gasteiger partial charge is 0.462 e. The molecule has 216 valence electrons. The maximum atomic E-state index is 13.4. The van der Waals surface area contributed by atoms with Crippen LogP contribution in [-0.2, 0) is 22.4 Å². The molecular formula is C34H34N2O4S2. The first-order chi connectivity index (χ1) is 20.3. The van der Waals surface area contributed by atoms with Gasteiger partial charge in [0.15, 0.2) is 0 Å². The number of esters is 1. The second kappa shape index (κ2) is 13.4. The van der Waals surface area contributed by atoms with Gasteiger partial charge in [-0.2, -0.15) is 0 Å². The molecule has 1 aliphatic rings. The standard InChI is InChI=1S/C34H34N2O4S2/c1-4-40-34(39)30-28-18-17-24(23-12-6-5-7-13-23)19-29(28)42-33(30)36-31(37)22(3)41-26-15-10-14-25(20-26)35-32(38)27-16-9-8-11-21(27)2/h5-16,20,22,24H,4,17-19H2,1-3H3,(H,35,38)(H,36,37). The van der Waals surface area contributed by atoms with Gasteiger partial charge in [0.1, 0.15) is 5.00 Å². The van der Waals surface area contributed by atoms with Crippen LogP contribution in [0.15, 0.2) is 83.8 Å². The number of anilines is 2. The molecule has 3 aromatic carbocycles. The maximum absolute atomic E-state index is 13.4. The minimum Gasteiger partial charge on any atom is -0.462 e. The number of aryl methyl sites for hydroxylation is 1. The van der Waals surface area contributed by atoms with E-state index in [9.17, 15) is 14.4 Å². The number of nitrogens with one attached hydrogen (secondary N) is 2. The minimum absolute atomic E-state index is 0.177. The third kappa shape index (κ3) is 6.77. The Labute approximate surface area is 254 Å². The van der Waals surface area contributed by atoms with Gasteiger partial charge in [-0.25, -0.2) is 4.79 Å².